The quantitative estimate of drug-likeness (QED) is 0.647. The second-order valence-electron chi connectivity index (χ2n) is 4.87. The summed E-state index contributed by atoms with van der Waals surface area (Å²) in [7, 11) is 1.78. The minimum absolute atomic E-state index is 0.00315. The molecule has 0 aliphatic rings. The lowest BCUT2D eigenvalue weighted by Crippen LogP contribution is -2.27. The van der Waals surface area contributed by atoms with E-state index in [4.69, 9.17) is 8.83 Å². The predicted octanol–water partition coefficient (Wildman–Crippen LogP) is 3.08. The molecule has 23 heavy (non-hydrogen) atoms. The molecular weight excluding hydrogens is 314 g/mol. The zero-order valence-electron chi connectivity index (χ0n) is 12.5. The smallest absolute Gasteiger partial charge is 0.284 e. The van der Waals surface area contributed by atoms with Crippen molar-refractivity contribution in [1.29, 1.82) is 0 Å². The van der Waals surface area contributed by atoms with Crippen LogP contribution < -0.4 is 0 Å². The summed E-state index contributed by atoms with van der Waals surface area (Å²) in [5.74, 6) is 1.06. The SMILES string of the molecule is CN(Cc1ccccc1)C(=O)CSc1nnc(-c2ccco2)o1. The Bertz CT molecular complexity index is 756. The molecule has 0 unspecified atom stereocenters. The predicted molar refractivity (Wildman–Crippen MR) is 85.6 cm³/mol. The minimum Gasteiger partial charge on any atom is -0.459 e. The number of rotatable bonds is 6. The van der Waals surface area contributed by atoms with E-state index < -0.39 is 0 Å². The number of hydrogen-bond acceptors (Lipinski definition) is 6. The van der Waals surface area contributed by atoms with Gasteiger partial charge in [0.05, 0.1) is 12.0 Å². The van der Waals surface area contributed by atoms with E-state index in [0.717, 1.165) is 5.56 Å². The second-order valence-corrected chi connectivity index (χ2v) is 5.80. The van der Waals surface area contributed by atoms with Gasteiger partial charge < -0.3 is 13.7 Å². The van der Waals surface area contributed by atoms with Gasteiger partial charge in [-0.05, 0) is 17.7 Å². The van der Waals surface area contributed by atoms with Crippen molar-refractivity contribution >= 4 is 17.7 Å². The Balaban J connectivity index is 1.52. The van der Waals surface area contributed by atoms with Crippen molar-refractivity contribution in [3.63, 3.8) is 0 Å². The summed E-state index contributed by atoms with van der Waals surface area (Å²) in [5, 5.41) is 8.14. The van der Waals surface area contributed by atoms with Gasteiger partial charge in [0.2, 0.25) is 5.91 Å². The Morgan fingerprint density at radius 3 is 2.74 bits per heavy atom. The number of aromatic nitrogens is 2. The molecule has 0 saturated carbocycles. The molecule has 0 N–H and O–H groups in total. The fourth-order valence-corrected chi connectivity index (χ4v) is 2.65. The maximum absolute atomic E-state index is 12.2. The number of hydrogen-bond donors (Lipinski definition) is 0. The highest BCUT2D eigenvalue weighted by molar-refractivity contribution is 7.99. The van der Waals surface area contributed by atoms with E-state index in [0.29, 0.717) is 23.4 Å². The first-order chi connectivity index (χ1) is 11.2. The summed E-state index contributed by atoms with van der Waals surface area (Å²) >= 11 is 1.21. The number of furan rings is 1. The van der Waals surface area contributed by atoms with Gasteiger partial charge in [0.1, 0.15) is 0 Å². The highest BCUT2D eigenvalue weighted by Crippen LogP contribution is 2.23. The average molecular weight is 329 g/mol. The van der Waals surface area contributed by atoms with Gasteiger partial charge in [-0.1, -0.05) is 42.1 Å². The minimum atomic E-state index is -0.00315. The molecule has 0 radical (unpaired) electrons. The van der Waals surface area contributed by atoms with E-state index in [1.165, 1.54) is 18.0 Å². The zero-order chi connectivity index (χ0) is 16.1. The third-order valence-corrected chi connectivity index (χ3v) is 3.95. The molecular formula is C16H15N3O3S. The molecule has 0 atom stereocenters. The van der Waals surface area contributed by atoms with E-state index >= 15 is 0 Å². The van der Waals surface area contributed by atoms with Crippen LogP contribution in [0.15, 0.2) is 62.8 Å². The molecule has 7 heteroatoms. The molecule has 118 valence electrons. The van der Waals surface area contributed by atoms with Crippen molar-refractivity contribution in [3.05, 3.63) is 54.3 Å². The molecule has 2 aromatic heterocycles. The van der Waals surface area contributed by atoms with Crippen LogP contribution in [0.1, 0.15) is 5.56 Å². The molecule has 0 aliphatic carbocycles. The molecule has 6 nitrogen and oxygen atoms in total. The molecule has 1 amide bonds. The molecule has 1 aromatic carbocycles. The maximum atomic E-state index is 12.2. The fraction of sp³-hybridized carbons (Fsp3) is 0.188. The van der Waals surface area contributed by atoms with Crippen molar-refractivity contribution in [1.82, 2.24) is 15.1 Å². The Hall–Kier alpha value is -2.54. The van der Waals surface area contributed by atoms with Crippen molar-refractivity contribution in [3.8, 4) is 11.7 Å². The van der Waals surface area contributed by atoms with Crippen LogP contribution in [0.5, 0.6) is 0 Å². The molecule has 3 rings (SSSR count). The first-order valence-electron chi connectivity index (χ1n) is 7.00. The van der Waals surface area contributed by atoms with Gasteiger partial charge in [0.25, 0.3) is 11.1 Å². The van der Waals surface area contributed by atoms with Crippen LogP contribution in [0, 0.1) is 0 Å². The highest BCUT2D eigenvalue weighted by Gasteiger charge is 2.15. The first kappa shape index (κ1) is 15.4. The van der Waals surface area contributed by atoms with E-state index in [2.05, 4.69) is 10.2 Å². The zero-order valence-corrected chi connectivity index (χ0v) is 13.3. The number of carbonyl (C=O) groups excluding carboxylic acids is 1. The Kier molecular flexibility index (Phi) is 4.77. The Labute approximate surface area is 137 Å². The van der Waals surface area contributed by atoms with E-state index in [-0.39, 0.29) is 11.7 Å². The topological polar surface area (TPSA) is 72.4 Å². The Morgan fingerprint density at radius 2 is 2.00 bits per heavy atom. The summed E-state index contributed by atoms with van der Waals surface area (Å²) in [6.07, 6.45) is 1.54. The molecule has 0 saturated heterocycles. The molecule has 0 bridgehead atoms. The van der Waals surface area contributed by atoms with Crippen molar-refractivity contribution in [2.24, 2.45) is 0 Å². The lowest BCUT2D eigenvalue weighted by atomic mass is 10.2. The third-order valence-electron chi connectivity index (χ3n) is 3.15. The van der Waals surface area contributed by atoms with Gasteiger partial charge in [-0.25, -0.2) is 0 Å². The molecule has 0 fully saturated rings. The fourth-order valence-electron chi connectivity index (χ4n) is 1.95. The van der Waals surface area contributed by atoms with Crippen molar-refractivity contribution in [2.45, 2.75) is 11.8 Å². The number of thioether (sulfide) groups is 1. The van der Waals surface area contributed by atoms with Crippen LogP contribution in [-0.2, 0) is 11.3 Å². The number of nitrogens with zero attached hydrogens (tertiary/aromatic N) is 3. The molecule has 2 heterocycles. The number of benzene rings is 1. The monoisotopic (exact) mass is 329 g/mol. The normalized spacial score (nSPS) is 10.7. The van der Waals surface area contributed by atoms with Crippen LogP contribution in [0.3, 0.4) is 0 Å². The molecule has 3 aromatic rings. The van der Waals surface area contributed by atoms with Crippen molar-refractivity contribution in [2.75, 3.05) is 12.8 Å². The van der Waals surface area contributed by atoms with Crippen LogP contribution in [0.25, 0.3) is 11.7 Å². The van der Waals surface area contributed by atoms with Gasteiger partial charge in [0, 0.05) is 13.6 Å². The molecule has 0 aliphatic heterocycles. The van der Waals surface area contributed by atoms with Gasteiger partial charge in [-0.2, -0.15) is 0 Å². The van der Waals surface area contributed by atoms with E-state index in [9.17, 15) is 4.79 Å². The average Bonchev–Trinajstić information content (AvgIpc) is 3.24. The maximum Gasteiger partial charge on any atom is 0.284 e. The van der Waals surface area contributed by atoms with Crippen LogP contribution in [0.4, 0.5) is 0 Å². The summed E-state index contributed by atoms with van der Waals surface area (Å²) < 4.78 is 10.6. The highest BCUT2D eigenvalue weighted by atomic mass is 32.2. The second kappa shape index (κ2) is 7.15. The van der Waals surface area contributed by atoms with Crippen molar-refractivity contribution < 1.29 is 13.6 Å². The largest absolute Gasteiger partial charge is 0.459 e. The molecule has 0 spiro atoms. The number of amides is 1. The van der Waals surface area contributed by atoms with Crippen LogP contribution >= 0.6 is 11.8 Å². The standard InChI is InChI=1S/C16H15N3O3S/c1-19(10-12-6-3-2-4-7-12)14(20)11-23-16-18-17-15(22-16)13-8-5-9-21-13/h2-9H,10-11H2,1H3. The van der Waals surface area contributed by atoms with Gasteiger partial charge >= 0.3 is 0 Å². The van der Waals surface area contributed by atoms with Crippen LogP contribution in [0.2, 0.25) is 0 Å². The lowest BCUT2D eigenvalue weighted by molar-refractivity contribution is -0.127. The summed E-state index contributed by atoms with van der Waals surface area (Å²) in [5.41, 5.74) is 1.09. The summed E-state index contributed by atoms with van der Waals surface area (Å²) in [6.45, 7) is 0.571. The number of carbonyl (C=O) groups is 1. The first-order valence-corrected chi connectivity index (χ1v) is 7.99. The van der Waals surface area contributed by atoms with Gasteiger partial charge in [0.15, 0.2) is 5.76 Å². The van der Waals surface area contributed by atoms with E-state index in [1.54, 1.807) is 24.1 Å². The van der Waals surface area contributed by atoms with Crippen LogP contribution in [-0.4, -0.2) is 33.8 Å². The summed E-state index contributed by atoms with van der Waals surface area (Å²) in [4.78, 5) is 13.8. The van der Waals surface area contributed by atoms with Gasteiger partial charge in [-0.15, -0.1) is 10.2 Å². The summed E-state index contributed by atoms with van der Waals surface area (Å²) in [6, 6.07) is 13.3. The van der Waals surface area contributed by atoms with Gasteiger partial charge in [-0.3, -0.25) is 4.79 Å². The Morgan fingerprint density at radius 1 is 1.17 bits per heavy atom. The third kappa shape index (κ3) is 4.01. The van der Waals surface area contributed by atoms with E-state index in [1.807, 2.05) is 30.3 Å². The lowest BCUT2D eigenvalue weighted by Gasteiger charge is -2.16.